The van der Waals surface area contributed by atoms with Crippen LogP contribution in [0, 0.1) is 0 Å². The highest BCUT2D eigenvalue weighted by Gasteiger charge is 2.16. The molecule has 3 aromatic heterocycles. The van der Waals surface area contributed by atoms with Gasteiger partial charge in [-0.15, -0.1) is 11.3 Å². The van der Waals surface area contributed by atoms with Gasteiger partial charge in [0, 0.05) is 53.8 Å². The molecule has 0 aliphatic rings. The van der Waals surface area contributed by atoms with E-state index in [0.717, 1.165) is 61.7 Å². The first kappa shape index (κ1) is 34.0. The molecule has 0 aliphatic carbocycles. The number of hydrogen-bond donors (Lipinski definition) is 0. The Labute approximate surface area is 340 Å². The standard InChI is InChI=1S/C54H36N2OS/c1-57-43-28-29-45-48-31-40(36-19-21-39(22-20-36)50-33-41(35-11-4-2-5-12-35)32-49(55-50)38-13-6-3-7-14-38)25-30-51(48)56(52(45)34-43)42-26-23-37(24-27-42)44-16-10-17-47-46-15-8-9-18-53(46)58-54(44)47/h2-34H,1H3. The van der Waals surface area contributed by atoms with Gasteiger partial charge in [-0.05, 0) is 88.0 Å². The highest BCUT2D eigenvalue weighted by atomic mass is 32.1. The molecule has 0 radical (unpaired) electrons. The van der Waals surface area contributed by atoms with E-state index >= 15 is 0 Å². The third kappa shape index (κ3) is 5.85. The number of thiophene rings is 1. The van der Waals surface area contributed by atoms with Gasteiger partial charge in [-0.3, -0.25) is 0 Å². The zero-order chi connectivity index (χ0) is 38.6. The lowest BCUT2D eigenvalue weighted by Crippen LogP contribution is -1.94. The molecule has 0 atom stereocenters. The molecule has 0 saturated heterocycles. The summed E-state index contributed by atoms with van der Waals surface area (Å²) < 4.78 is 10.7. The second-order valence-electron chi connectivity index (χ2n) is 14.7. The maximum absolute atomic E-state index is 5.74. The Kier molecular flexibility index (Phi) is 8.23. The highest BCUT2D eigenvalue weighted by molar-refractivity contribution is 7.26. The van der Waals surface area contributed by atoms with Crippen molar-refractivity contribution < 1.29 is 4.74 Å². The predicted molar refractivity (Wildman–Crippen MR) is 245 cm³/mol. The lowest BCUT2D eigenvalue weighted by molar-refractivity contribution is 0.415. The Bertz CT molecular complexity index is 3230. The first-order valence-corrected chi connectivity index (χ1v) is 20.4. The van der Waals surface area contributed by atoms with Crippen LogP contribution in [0.2, 0.25) is 0 Å². The van der Waals surface area contributed by atoms with E-state index in [9.17, 15) is 0 Å². The maximum atomic E-state index is 5.74. The maximum Gasteiger partial charge on any atom is 0.120 e. The second kappa shape index (κ2) is 14.0. The minimum atomic E-state index is 0.834. The number of hydrogen-bond acceptors (Lipinski definition) is 3. The lowest BCUT2D eigenvalue weighted by Gasteiger charge is -2.12. The van der Waals surface area contributed by atoms with Gasteiger partial charge in [-0.1, -0.05) is 140 Å². The average molecular weight is 761 g/mol. The fraction of sp³-hybridized carbons (Fsp3) is 0.0185. The van der Waals surface area contributed by atoms with Crippen LogP contribution in [-0.4, -0.2) is 16.7 Å². The minimum absolute atomic E-state index is 0.834. The normalized spacial score (nSPS) is 11.5. The van der Waals surface area contributed by atoms with Gasteiger partial charge in [-0.2, -0.15) is 0 Å². The van der Waals surface area contributed by atoms with Gasteiger partial charge in [0.2, 0.25) is 0 Å². The summed E-state index contributed by atoms with van der Waals surface area (Å²) in [4.78, 5) is 5.15. The summed E-state index contributed by atoms with van der Waals surface area (Å²) in [6.07, 6.45) is 0. The third-order valence-electron chi connectivity index (χ3n) is 11.3. The summed E-state index contributed by atoms with van der Waals surface area (Å²) in [6, 6.07) is 71.7. The van der Waals surface area contributed by atoms with Crippen molar-refractivity contribution in [2.75, 3.05) is 7.11 Å². The molecule has 11 aromatic rings. The van der Waals surface area contributed by atoms with Gasteiger partial charge < -0.3 is 9.30 Å². The number of nitrogens with zero attached hydrogens (tertiary/aromatic N) is 2. The molecule has 0 unspecified atom stereocenters. The number of fused-ring (bicyclic) bond motifs is 6. The Morgan fingerprint density at radius 2 is 1.03 bits per heavy atom. The van der Waals surface area contributed by atoms with Crippen LogP contribution in [0.4, 0.5) is 0 Å². The van der Waals surface area contributed by atoms with Crippen LogP contribution < -0.4 is 4.74 Å². The smallest absolute Gasteiger partial charge is 0.120 e. The van der Waals surface area contributed by atoms with E-state index in [1.54, 1.807) is 7.11 Å². The van der Waals surface area contributed by atoms with E-state index in [1.165, 1.54) is 47.6 Å². The Hall–Kier alpha value is -7.27. The van der Waals surface area contributed by atoms with Crippen LogP contribution in [0.1, 0.15) is 0 Å². The molecule has 0 amide bonds. The molecule has 0 saturated carbocycles. The molecule has 0 fully saturated rings. The van der Waals surface area contributed by atoms with E-state index in [1.807, 2.05) is 17.4 Å². The van der Waals surface area contributed by atoms with Crippen molar-refractivity contribution in [3.8, 4) is 67.3 Å². The molecule has 0 N–H and O–H groups in total. The summed E-state index contributed by atoms with van der Waals surface area (Å²) in [5.41, 5.74) is 14.6. The molecule has 0 spiro atoms. The summed E-state index contributed by atoms with van der Waals surface area (Å²) >= 11 is 1.87. The number of benzene rings is 8. The molecule has 3 heterocycles. The number of methoxy groups -OCH3 is 1. The van der Waals surface area contributed by atoms with Crippen molar-refractivity contribution in [2.45, 2.75) is 0 Å². The monoisotopic (exact) mass is 760 g/mol. The van der Waals surface area contributed by atoms with E-state index in [4.69, 9.17) is 9.72 Å². The Morgan fingerprint density at radius 3 is 1.79 bits per heavy atom. The fourth-order valence-corrected chi connectivity index (χ4v) is 9.65. The number of pyridine rings is 1. The number of aromatic nitrogens is 2. The minimum Gasteiger partial charge on any atom is -0.497 e. The van der Waals surface area contributed by atoms with Crippen LogP contribution in [-0.2, 0) is 0 Å². The van der Waals surface area contributed by atoms with Crippen LogP contribution in [0.5, 0.6) is 5.75 Å². The molecular weight excluding hydrogens is 725 g/mol. The number of rotatable bonds is 7. The molecule has 11 rings (SSSR count). The molecule has 8 aromatic carbocycles. The molecule has 0 bridgehead atoms. The third-order valence-corrected chi connectivity index (χ3v) is 12.6. The van der Waals surface area contributed by atoms with Gasteiger partial charge in [0.25, 0.3) is 0 Å². The van der Waals surface area contributed by atoms with Crippen LogP contribution in [0.25, 0.3) is 104 Å². The second-order valence-corrected chi connectivity index (χ2v) is 15.8. The molecular formula is C54H36N2OS. The summed E-state index contributed by atoms with van der Waals surface area (Å²) in [5.74, 6) is 0.834. The van der Waals surface area contributed by atoms with E-state index in [-0.39, 0.29) is 0 Å². The molecule has 4 heteroatoms. The fourth-order valence-electron chi connectivity index (χ4n) is 8.42. The zero-order valence-electron chi connectivity index (χ0n) is 31.8. The summed E-state index contributed by atoms with van der Waals surface area (Å²) in [7, 11) is 1.73. The van der Waals surface area contributed by atoms with Crippen LogP contribution >= 0.6 is 11.3 Å². The van der Waals surface area contributed by atoms with Crippen LogP contribution in [0.15, 0.2) is 200 Å². The van der Waals surface area contributed by atoms with Gasteiger partial charge in [0.1, 0.15) is 5.75 Å². The lowest BCUT2D eigenvalue weighted by atomic mass is 9.98. The molecule has 3 nitrogen and oxygen atoms in total. The zero-order valence-corrected chi connectivity index (χ0v) is 32.6. The first-order chi connectivity index (χ1) is 28.7. The van der Waals surface area contributed by atoms with E-state index in [0.29, 0.717) is 0 Å². The van der Waals surface area contributed by atoms with Crippen LogP contribution in [0.3, 0.4) is 0 Å². The topological polar surface area (TPSA) is 27.1 Å². The van der Waals surface area contributed by atoms with Crippen molar-refractivity contribution in [3.63, 3.8) is 0 Å². The quantitative estimate of drug-likeness (QED) is 0.162. The average Bonchev–Trinajstić information content (AvgIpc) is 3.85. The van der Waals surface area contributed by atoms with Gasteiger partial charge in [0.05, 0.1) is 29.5 Å². The van der Waals surface area contributed by atoms with Crippen molar-refractivity contribution in [1.29, 1.82) is 0 Å². The highest BCUT2D eigenvalue weighted by Crippen LogP contribution is 2.41. The summed E-state index contributed by atoms with van der Waals surface area (Å²) in [5, 5.41) is 5.01. The predicted octanol–water partition coefficient (Wildman–Crippen LogP) is 14.9. The summed E-state index contributed by atoms with van der Waals surface area (Å²) in [6.45, 7) is 0. The first-order valence-electron chi connectivity index (χ1n) is 19.6. The van der Waals surface area contributed by atoms with E-state index < -0.39 is 0 Å². The van der Waals surface area contributed by atoms with E-state index in [2.05, 4.69) is 199 Å². The molecule has 274 valence electrons. The van der Waals surface area contributed by atoms with Crippen molar-refractivity contribution in [3.05, 3.63) is 200 Å². The largest absolute Gasteiger partial charge is 0.497 e. The van der Waals surface area contributed by atoms with Gasteiger partial charge in [-0.25, -0.2) is 4.98 Å². The van der Waals surface area contributed by atoms with Crippen molar-refractivity contribution in [2.24, 2.45) is 0 Å². The van der Waals surface area contributed by atoms with Crippen molar-refractivity contribution in [1.82, 2.24) is 9.55 Å². The Morgan fingerprint density at radius 1 is 0.414 bits per heavy atom. The molecule has 58 heavy (non-hydrogen) atoms. The van der Waals surface area contributed by atoms with Gasteiger partial charge in [0.15, 0.2) is 0 Å². The molecule has 0 aliphatic heterocycles. The SMILES string of the molecule is COc1ccc2c3cc(-c4ccc(-c5cc(-c6ccccc6)cc(-c6ccccc6)n5)cc4)ccc3n(-c3ccc(-c4cccc5c4sc4ccccc45)cc3)c2c1. The Balaban J connectivity index is 0.973. The van der Waals surface area contributed by atoms with Crippen molar-refractivity contribution >= 4 is 53.3 Å². The van der Waals surface area contributed by atoms with Gasteiger partial charge >= 0.3 is 0 Å². The number of ether oxygens (including phenoxy) is 1.